The van der Waals surface area contributed by atoms with Crippen molar-refractivity contribution in [2.24, 2.45) is 22.2 Å². The fourth-order valence-corrected chi connectivity index (χ4v) is 6.38. The summed E-state index contributed by atoms with van der Waals surface area (Å²) in [4.78, 5) is 5.66. The molecule has 2 nitrogen and oxygen atoms in total. The highest BCUT2D eigenvalue weighted by atomic mass is 15.3. The molecule has 0 aromatic heterocycles. The van der Waals surface area contributed by atoms with Crippen LogP contribution in [0.4, 0.5) is 0 Å². The molecular formula is C32H60N2. The minimum absolute atomic E-state index is 0.194. The Balaban J connectivity index is 2.19. The molecule has 0 fully saturated rings. The number of rotatable bonds is 9. The monoisotopic (exact) mass is 472 g/mol. The molecule has 0 saturated carbocycles. The minimum atomic E-state index is 0.194. The molecule has 5 atom stereocenters. The van der Waals surface area contributed by atoms with Crippen molar-refractivity contribution in [1.82, 2.24) is 9.80 Å². The first-order valence-electron chi connectivity index (χ1n) is 14.3. The normalized spacial score (nSPS) is 26.8. The van der Waals surface area contributed by atoms with E-state index in [1.165, 1.54) is 32.1 Å². The largest absolute Gasteiger partial charge is 0.368 e. The molecule has 0 aromatic rings. The summed E-state index contributed by atoms with van der Waals surface area (Å²) >= 11 is 0. The van der Waals surface area contributed by atoms with Crippen molar-refractivity contribution in [2.75, 3.05) is 0 Å². The summed E-state index contributed by atoms with van der Waals surface area (Å²) in [5.74, 6) is 0.695. The summed E-state index contributed by atoms with van der Waals surface area (Å²) in [5, 5.41) is 0. The van der Waals surface area contributed by atoms with Gasteiger partial charge in [-0.05, 0) is 69.6 Å². The molecule has 0 radical (unpaired) electrons. The van der Waals surface area contributed by atoms with E-state index < -0.39 is 0 Å². The molecule has 0 spiro atoms. The van der Waals surface area contributed by atoms with E-state index in [9.17, 15) is 0 Å². The van der Waals surface area contributed by atoms with Crippen LogP contribution in [0.5, 0.6) is 0 Å². The van der Waals surface area contributed by atoms with Gasteiger partial charge in [-0.3, -0.25) is 4.90 Å². The second-order valence-electron chi connectivity index (χ2n) is 15.0. The molecule has 198 valence electrons. The maximum atomic E-state index is 2.86. The number of hydrogen-bond donors (Lipinski definition) is 0. The maximum absolute atomic E-state index is 2.86. The number of allylic oxidation sites excluding steroid dienone is 1. The van der Waals surface area contributed by atoms with Crippen LogP contribution in [-0.2, 0) is 0 Å². The van der Waals surface area contributed by atoms with Crippen molar-refractivity contribution in [2.45, 2.75) is 159 Å². The second-order valence-corrected chi connectivity index (χ2v) is 15.0. The summed E-state index contributed by atoms with van der Waals surface area (Å²) in [6, 6.07) is 2.25. The van der Waals surface area contributed by atoms with Crippen LogP contribution in [0.1, 0.15) is 129 Å². The van der Waals surface area contributed by atoms with E-state index >= 15 is 0 Å². The van der Waals surface area contributed by atoms with Gasteiger partial charge in [0.15, 0.2) is 0 Å². The Kier molecular flexibility index (Phi) is 8.94. The predicted molar refractivity (Wildman–Crippen MR) is 152 cm³/mol. The molecule has 0 aromatic carbocycles. The third-order valence-electron chi connectivity index (χ3n) is 9.25. The minimum Gasteiger partial charge on any atom is -0.368 e. The highest BCUT2D eigenvalue weighted by molar-refractivity contribution is 5.21. The molecule has 2 heterocycles. The van der Waals surface area contributed by atoms with Gasteiger partial charge in [0.25, 0.3) is 0 Å². The van der Waals surface area contributed by atoms with Crippen molar-refractivity contribution >= 4 is 0 Å². The zero-order valence-corrected chi connectivity index (χ0v) is 25.5. The van der Waals surface area contributed by atoms with Gasteiger partial charge in [-0.1, -0.05) is 94.4 Å². The first-order chi connectivity index (χ1) is 15.4. The summed E-state index contributed by atoms with van der Waals surface area (Å²) < 4.78 is 0. The highest BCUT2D eigenvalue weighted by Crippen LogP contribution is 2.46. The van der Waals surface area contributed by atoms with Crippen molar-refractivity contribution in [3.63, 3.8) is 0 Å². The predicted octanol–water partition coefficient (Wildman–Crippen LogP) is 9.08. The quantitative estimate of drug-likeness (QED) is 0.309. The van der Waals surface area contributed by atoms with Crippen molar-refractivity contribution in [3.05, 3.63) is 23.9 Å². The zero-order valence-electron chi connectivity index (χ0n) is 25.5. The van der Waals surface area contributed by atoms with Gasteiger partial charge in [-0.2, -0.15) is 0 Å². The van der Waals surface area contributed by atoms with Crippen LogP contribution in [0.25, 0.3) is 0 Å². The molecule has 0 saturated heterocycles. The van der Waals surface area contributed by atoms with E-state index in [0.29, 0.717) is 30.1 Å². The van der Waals surface area contributed by atoms with E-state index in [-0.39, 0.29) is 21.8 Å². The molecule has 2 heteroatoms. The van der Waals surface area contributed by atoms with Crippen LogP contribution < -0.4 is 0 Å². The highest BCUT2D eigenvalue weighted by Gasteiger charge is 2.48. The zero-order chi connectivity index (χ0) is 26.3. The molecule has 0 amide bonds. The second kappa shape index (κ2) is 10.3. The Morgan fingerprint density at radius 2 is 1.44 bits per heavy atom. The molecule has 2 rings (SSSR count). The van der Waals surface area contributed by atoms with E-state index in [4.69, 9.17) is 0 Å². The lowest BCUT2D eigenvalue weighted by Crippen LogP contribution is -2.58. The van der Waals surface area contributed by atoms with E-state index in [2.05, 4.69) is 125 Å². The van der Waals surface area contributed by atoms with Gasteiger partial charge in [0, 0.05) is 40.8 Å². The van der Waals surface area contributed by atoms with Crippen molar-refractivity contribution in [1.29, 1.82) is 0 Å². The van der Waals surface area contributed by atoms with Gasteiger partial charge in [-0.25, -0.2) is 0 Å². The molecule has 2 aliphatic heterocycles. The Morgan fingerprint density at radius 1 is 0.882 bits per heavy atom. The molecule has 5 unspecified atom stereocenters. The van der Waals surface area contributed by atoms with E-state index in [1.807, 2.05) is 0 Å². The molecule has 0 aliphatic carbocycles. The van der Waals surface area contributed by atoms with Crippen LogP contribution in [0.3, 0.4) is 0 Å². The third-order valence-corrected chi connectivity index (χ3v) is 9.25. The first-order valence-corrected chi connectivity index (χ1v) is 14.3. The van der Waals surface area contributed by atoms with Gasteiger partial charge in [-0.15, -0.1) is 0 Å². The Labute approximate surface area is 214 Å². The van der Waals surface area contributed by atoms with Gasteiger partial charge in [0.2, 0.25) is 0 Å². The Hall–Kier alpha value is -0.760. The Bertz CT molecular complexity index is 727. The lowest BCUT2D eigenvalue weighted by Gasteiger charge is -2.51. The topological polar surface area (TPSA) is 6.48 Å². The number of hydrogen-bond acceptors (Lipinski definition) is 2. The number of nitrogens with zero attached hydrogens (tertiary/aromatic N) is 2. The van der Waals surface area contributed by atoms with Crippen molar-refractivity contribution in [3.8, 4) is 0 Å². The molecule has 0 bridgehead atoms. The lowest BCUT2D eigenvalue weighted by atomic mass is 9.75. The van der Waals surface area contributed by atoms with Gasteiger partial charge >= 0.3 is 0 Å². The van der Waals surface area contributed by atoms with Gasteiger partial charge in [0.1, 0.15) is 0 Å². The van der Waals surface area contributed by atoms with E-state index in [0.717, 1.165) is 0 Å². The summed E-state index contributed by atoms with van der Waals surface area (Å²) in [6.07, 6.45) is 13.8. The standard InChI is InChI=1S/C32H60N2/c1-15-24(4)33-25(17-18-26(33)29(5,6)7)23(3)21-22-31(11,12)28-20-19-27(30(8,9)10)34(28)32(13,14)16-2/h18-20,23-25,27-28H,15-17,21-22H2,1-14H3. The smallest absolute Gasteiger partial charge is 0.0350 e. The maximum Gasteiger partial charge on any atom is 0.0350 e. The Morgan fingerprint density at radius 3 is 1.91 bits per heavy atom. The third kappa shape index (κ3) is 6.13. The van der Waals surface area contributed by atoms with Crippen LogP contribution in [0.15, 0.2) is 23.9 Å². The molecular weight excluding hydrogens is 412 g/mol. The molecule has 0 N–H and O–H groups in total. The summed E-state index contributed by atoms with van der Waals surface area (Å²) in [5.41, 5.74) is 2.48. The van der Waals surface area contributed by atoms with Crippen LogP contribution in [0.2, 0.25) is 0 Å². The van der Waals surface area contributed by atoms with Gasteiger partial charge in [0.05, 0.1) is 0 Å². The SMILES string of the molecule is CCC(C)N1C(C(C)(C)C)=CCC1C(C)CCC(C)(C)C1C=CC(C(C)(C)C)N1C(C)(C)CC. The van der Waals surface area contributed by atoms with Gasteiger partial charge < -0.3 is 4.90 Å². The fraction of sp³-hybridized carbons (Fsp3) is 0.875. The fourth-order valence-electron chi connectivity index (χ4n) is 6.38. The molecule has 2 aliphatic rings. The average Bonchev–Trinajstić information content (AvgIpc) is 3.36. The van der Waals surface area contributed by atoms with Crippen LogP contribution in [0, 0.1) is 22.2 Å². The molecule has 34 heavy (non-hydrogen) atoms. The lowest BCUT2D eigenvalue weighted by molar-refractivity contribution is -0.0190. The summed E-state index contributed by atoms with van der Waals surface area (Å²) in [7, 11) is 0. The van der Waals surface area contributed by atoms with Crippen LogP contribution >= 0.6 is 0 Å². The average molecular weight is 473 g/mol. The van der Waals surface area contributed by atoms with Crippen LogP contribution in [-0.4, -0.2) is 39.5 Å². The van der Waals surface area contributed by atoms with E-state index in [1.54, 1.807) is 5.70 Å². The first kappa shape index (κ1) is 29.5. The van der Waals surface area contributed by atoms with Crippen molar-refractivity contribution < 1.29 is 0 Å². The summed E-state index contributed by atoms with van der Waals surface area (Å²) in [6.45, 7) is 34.0.